The fourth-order valence-corrected chi connectivity index (χ4v) is 2.43. The van der Waals surface area contributed by atoms with Gasteiger partial charge >= 0.3 is 5.97 Å². The second kappa shape index (κ2) is 7.50. The van der Waals surface area contributed by atoms with Gasteiger partial charge in [0.05, 0.1) is 11.3 Å². The predicted molar refractivity (Wildman–Crippen MR) is 87.3 cm³/mol. The molecule has 2 rings (SSSR count). The van der Waals surface area contributed by atoms with E-state index in [0.29, 0.717) is 11.6 Å². The van der Waals surface area contributed by atoms with Crippen molar-refractivity contribution in [1.29, 1.82) is 0 Å². The molecule has 0 saturated carbocycles. The SMILES string of the molecule is CCC(CC)c1ccc(N=Nc2ccccc2C(=O)O)cc1. The number of carboxylic acid groups (broad SMARTS) is 1. The number of rotatable bonds is 6. The fraction of sp³-hybridized carbons (Fsp3) is 0.278. The Morgan fingerprint density at radius 3 is 2.23 bits per heavy atom. The van der Waals surface area contributed by atoms with E-state index < -0.39 is 5.97 Å². The van der Waals surface area contributed by atoms with Crippen molar-refractivity contribution in [3.05, 3.63) is 59.7 Å². The van der Waals surface area contributed by atoms with Crippen molar-refractivity contribution in [2.75, 3.05) is 0 Å². The van der Waals surface area contributed by atoms with Gasteiger partial charge in [0.1, 0.15) is 5.69 Å². The maximum absolute atomic E-state index is 11.1. The average molecular weight is 296 g/mol. The molecule has 2 aromatic rings. The Labute approximate surface area is 130 Å². The monoisotopic (exact) mass is 296 g/mol. The summed E-state index contributed by atoms with van der Waals surface area (Å²) in [5.74, 6) is -0.433. The average Bonchev–Trinajstić information content (AvgIpc) is 2.55. The number of hydrogen-bond donors (Lipinski definition) is 1. The minimum atomic E-state index is -1.00. The molecule has 0 radical (unpaired) electrons. The summed E-state index contributed by atoms with van der Waals surface area (Å²) in [6.45, 7) is 4.37. The summed E-state index contributed by atoms with van der Waals surface area (Å²) in [4.78, 5) is 11.1. The van der Waals surface area contributed by atoms with Crippen molar-refractivity contribution in [2.45, 2.75) is 32.6 Å². The minimum absolute atomic E-state index is 0.153. The van der Waals surface area contributed by atoms with Crippen LogP contribution in [0.25, 0.3) is 0 Å². The van der Waals surface area contributed by atoms with E-state index in [-0.39, 0.29) is 5.56 Å². The Hall–Kier alpha value is -2.49. The summed E-state index contributed by atoms with van der Waals surface area (Å²) in [6.07, 6.45) is 2.23. The molecule has 0 atom stereocenters. The van der Waals surface area contributed by atoms with Gasteiger partial charge < -0.3 is 5.11 Å². The standard InChI is InChI=1S/C18H20N2O2/c1-3-13(4-2)14-9-11-15(12-10-14)19-20-17-8-6-5-7-16(17)18(21)22/h5-13H,3-4H2,1-2H3,(H,21,22). The number of carboxylic acids is 1. The Bertz CT molecular complexity index is 659. The Morgan fingerprint density at radius 2 is 1.64 bits per heavy atom. The summed E-state index contributed by atoms with van der Waals surface area (Å²) in [5.41, 5.74) is 2.53. The lowest BCUT2D eigenvalue weighted by molar-refractivity contribution is 0.0698. The summed E-state index contributed by atoms with van der Waals surface area (Å²) in [6, 6.07) is 14.5. The number of azo groups is 1. The van der Waals surface area contributed by atoms with Crippen LogP contribution >= 0.6 is 0 Å². The summed E-state index contributed by atoms with van der Waals surface area (Å²) in [7, 11) is 0. The number of carbonyl (C=O) groups is 1. The molecule has 0 aliphatic carbocycles. The normalized spacial score (nSPS) is 11.2. The maximum Gasteiger partial charge on any atom is 0.337 e. The molecule has 0 amide bonds. The first kappa shape index (κ1) is 15.9. The van der Waals surface area contributed by atoms with Crippen LogP contribution < -0.4 is 0 Å². The Balaban J connectivity index is 2.19. The first-order valence-corrected chi connectivity index (χ1v) is 7.49. The van der Waals surface area contributed by atoms with Gasteiger partial charge in [-0.2, -0.15) is 5.11 Å². The van der Waals surface area contributed by atoms with Gasteiger partial charge in [-0.05, 0) is 48.6 Å². The van der Waals surface area contributed by atoms with Crippen molar-refractivity contribution in [2.24, 2.45) is 10.2 Å². The molecule has 2 aromatic carbocycles. The molecule has 1 N–H and O–H groups in total. The van der Waals surface area contributed by atoms with Crippen LogP contribution in [0.1, 0.15) is 48.5 Å². The topological polar surface area (TPSA) is 62.0 Å². The van der Waals surface area contributed by atoms with Gasteiger partial charge in [0, 0.05) is 0 Å². The van der Waals surface area contributed by atoms with Crippen molar-refractivity contribution in [3.8, 4) is 0 Å². The molecule has 0 saturated heterocycles. The molecule has 114 valence electrons. The number of aromatic carboxylic acids is 1. The van der Waals surface area contributed by atoms with Crippen molar-refractivity contribution < 1.29 is 9.90 Å². The van der Waals surface area contributed by atoms with Gasteiger partial charge in [-0.1, -0.05) is 38.1 Å². The second-order valence-electron chi connectivity index (χ2n) is 5.13. The highest BCUT2D eigenvalue weighted by Crippen LogP contribution is 2.26. The molecule has 22 heavy (non-hydrogen) atoms. The van der Waals surface area contributed by atoms with Crippen LogP contribution in [0.15, 0.2) is 58.8 Å². The van der Waals surface area contributed by atoms with Crippen molar-refractivity contribution >= 4 is 17.3 Å². The Morgan fingerprint density at radius 1 is 1.00 bits per heavy atom. The highest BCUT2D eigenvalue weighted by molar-refractivity contribution is 5.93. The second-order valence-corrected chi connectivity index (χ2v) is 5.13. The minimum Gasteiger partial charge on any atom is -0.478 e. The summed E-state index contributed by atoms with van der Waals surface area (Å²) in [5, 5.41) is 17.3. The van der Waals surface area contributed by atoms with E-state index in [9.17, 15) is 4.79 Å². The third-order valence-corrected chi connectivity index (χ3v) is 3.76. The van der Waals surface area contributed by atoms with Crippen molar-refractivity contribution in [3.63, 3.8) is 0 Å². The van der Waals surface area contributed by atoms with Crippen LogP contribution in [0.3, 0.4) is 0 Å². The summed E-state index contributed by atoms with van der Waals surface area (Å²) < 4.78 is 0. The molecule has 0 bridgehead atoms. The molecule has 0 spiro atoms. The van der Waals surface area contributed by atoms with E-state index in [1.807, 2.05) is 12.1 Å². The number of nitrogens with zero attached hydrogens (tertiary/aromatic N) is 2. The molecule has 0 heterocycles. The van der Waals surface area contributed by atoms with E-state index in [1.54, 1.807) is 18.2 Å². The zero-order valence-electron chi connectivity index (χ0n) is 12.9. The lowest BCUT2D eigenvalue weighted by Gasteiger charge is -2.12. The Kier molecular flexibility index (Phi) is 5.42. The van der Waals surface area contributed by atoms with Crippen LogP contribution in [0.4, 0.5) is 11.4 Å². The highest BCUT2D eigenvalue weighted by Gasteiger charge is 2.08. The molecule has 0 aliphatic heterocycles. The van der Waals surface area contributed by atoms with Crippen LogP contribution in [0.2, 0.25) is 0 Å². The summed E-state index contributed by atoms with van der Waals surface area (Å²) >= 11 is 0. The van der Waals surface area contributed by atoms with E-state index in [0.717, 1.165) is 18.5 Å². The highest BCUT2D eigenvalue weighted by atomic mass is 16.4. The lowest BCUT2D eigenvalue weighted by Crippen LogP contribution is -1.95. The van der Waals surface area contributed by atoms with E-state index in [4.69, 9.17) is 5.11 Å². The molecule has 0 aromatic heterocycles. The van der Waals surface area contributed by atoms with Crippen LogP contribution in [0.5, 0.6) is 0 Å². The first-order valence-electron chi connectivity index (χ1n) is 7.49. The molecule has 0 aliphatic rings. The maximum atomic E-state index is 11.1. The molecular weight excluding hydrogens is 276 g/mol. The smallest absolute Gasteiger partial charge is 0.337 e. The van der Waals surface area contributed by atoms with Gasteiger partial charge in [-0.25, -0.2) is 4.79 Å². The lowest BCUT2D eigenvalue weighted by atomic mass is 9.94. The van der Waals surface area contributed by atoms with E-state index in [1.165, 1.54) is 11.6 Å². The molecular formula is C18H20N2O2. The van der Waals surface area contributed by atoms with E-state index in [2.05, 4.69) is 36.2 Å². The van der Waals surface area contributed by atoms with Crippen molar-refractivity contribution in [1.82, 2.24) is 0 Å². The van der Waals surface area contributed by atoms with Gasteiger partial charge in [0.2, 0.25) is 0 Å². The van der Waals surface area contributed by atoms with Crippen LogP contribution in [-0.2, 0) is 0 Å². The third-order valence-electron chi connectivity index (χ3n) is 3.76. The fourth-order valence-electron chi connectivity index (χ4n) is 2.43. The third kappa shape index (κ3) is 3.79. The largest absolute Gasteiger partial charge is 0.478 e. The first-order chi connectivity index (χ1) is 10.7. The predicted octanol–water partition coefficient (Wildman–Crippen LogP) is 5.70. The number of hydrogen-bond acceptors (Lipinski definition) is 3. The quantitative estimate of drug-likeness (QED) is 0.694. The zero-order valence-corrected chi connectivity index (χ0v) is 12.9. The zero-order chi connectivity index (χ0) is 15.9. The van der Waals surface area contributed by atoms with Gasteiger partial charge in [0.15, 0.2) is 0 Å². The number of benzene rings is 2. The van der Waals surface area contributed by atoms with Crippen LogP contribution in [0, 0.1) is 0 Å². The van der Waals surface area contributed by atoms with Gasteiger partial charge in [0.25, 0.3) is 0 Å². The van der Waals surface area contributed by atoms with E-state index >= 15 is 0 Å². The van der Waals surface area contributed by atoms with Gasteiger partial charge in [-0.3, -0.25) is 0 Å². The van der Waals surface area contributed by atoms with Crippen LogP contribution in [-0.4, -0.2) is 11.1 Å². The molecule has 4 heteroatoms. The molecule has 0 fully saturated rings. The molecule has 4 nitrogen and oxygen atoms in total. The van der Waals surface area contributed by atoms with Gasteiger partial charge in [-0.15, -0.1) is 5.11 Å². The molecule has 0 unspecified atom stereocenters.